The van der Waals surface area contributed by atoms with Crippen molar-refractivity contribution in [3.8, 4) is 5.75 Å². The van der Waals surface area contributed by atoms with Gasteiger partial charge >= 0.3 is 0 Å². The van der Waals surface area contributed by atoms with Crippen LogP contribution in [0.2, 0.25) is 0 Å². The molecule has 0 aliphatic carbocycles. The number of aliphatic hydroxyl groups is 1. The molecule has 1 aliphatic heterocycles. The number of hydrogen-bond acceptors (Lipinski definition) is 4. The molecule has 0 aromatic heterocycles. The van der Waals surface area contributed by atoms with E-state index in [1.807, 2.05) is 24.3 Å². The van der Waals surface area contributed by atoms with Gasteiger partial charge in [-0.15, -0.1) is 0 Å². The summed E-state index contributed by atoms with van der Waals surface area (Å²) in [5.41, 5.74) is 0.962. The van der Waals surface area contributed by atoms with E-state index in [0.29, 0.717) is 19.1 Å². The molecule has 2 N–H and O–H groups in total. The molecule has 0 bridgehead atoms. The Balaban J connectivity index is 1.89. The first-order valence-corrected chi connectivity index (χ1v) is 7.91. The lowest BCUT2D eigenvalue weighted by molar-refractivity contribution is -0.124. The van der Waals surface area contributed by atoms with Gasteiger partial charge in [-0.3, -0.25) is 9.69 Å². The number of likely N-dealkylation sites (tertiary alicyclic amines) is 1. The van der Waals surface area contributed by atoms with Crippen LogP contribution in [0.1, 0.15) is 31.7 Å². The average molecular weight is 306 g/mol. The van der Waals surface area contributed by atoms with Crippen molar-refractivity contribution >= 4 is 5.91 Å². The number of methoxy groups -OCH3 is 1. The van der Waals surface area contributed by atoms with Crippen molar-refractivity contribution in [3.63, 3.8) is 0 Å². The number of amides is 1. The molecule has 2 rings (SSSR count). The first kappa shape index (κ1) is 16.8. The molecular formula is C17H26N2O3. The van der Waals surface area contributed by atoms with Gasteiger partial charge < -0.3 is 15.2 Å². The van der Waals surface area contributed by atoms with E-state index in [4.69, 9.17) is 4.74 Å². The lowest BCUT2D eigenvalue weighted by atomic mass is 9.97. The smallest absolute Gasteiger partial charge is 0.234 e. The summed E-state index contributed by atoms with van der Waals surface area (Å²) in [6.07, 6.45) is 3.16. The number of rotatable bonds is 6. The van der Waals surface area contributed by atoms with Gasteiger partial charge in [-0.05, 0) is 25.8 Å². The number of aliphatic hydroxyl groups excluding tert-OH is 1. The first-order valence-electron chi connectivity index (χ1n) is 7.91. The lowest BCUT2D eigenvalue weighted by Gasteiger charge is -2.39. The molecule has 1 heterocycles. The SMILES string of the molecule is COc1ccccc1CNC(=O)CN1C(C)CCCC1CO. The van der Waals surface area contributed by atoms with Crippen LogP contribution in [0.5, 0.6) is 5.75 Å². The Bertz CT molecular complexity index is 493. The van der Waals surface area contributed by atoms with Gasteiger partial charge in [-0.2, -0.15) is 0 Å². The first-order chi connectivity index (χ1) is 10.7. The highest BCUT2D eigenvalue weighted by atomic mass is 16.5. The fraction of sp³-hybridized carbons (Fsp3) is 0.588. The fourth-order valence-corrected chi connectivity index (χ4v) is 3.09. The topological polar surface area (TPSA) is 61.8 Å². The van der Waals surface area contributed by atoms with Crippen LogP contribution >= 0.6 is 0 Å². The molecular weight excluding hydrogens is 280 g/mol. The number of nitrogens with zero attached hydrogens (tertiary/aromatic N) is 1. The quantitative estimate of drug-likeness (QED) is 0.837. The van der Waals surface area contributed by atoms with Crippen LogP contribution in [0.4, 0.5) is 0 Å². The zero-order valence-electron chi connectivity index (χ0n) is 13.4. The van der Waals surface area contributed by atoms with Gasteiger partial charge in [0, 0.05) is 24.2 Å². The van der Waals surface area contributed by atoms with Gasteiger partial charge in [0.2, 0.25) is 5.91 Å². The maximum Gasteiger partial charge on any atom is 0.234 e. The van der Waals surface area contributed by atoms with Crippen LogP contribution in [0.3, 0.4) is 0 Å². The van der Waals surface area contributed by atoms with Gasteiger partial charge in [0.05, 0.1) is 20.3 Å². The largest absolute Gasteiger partial charge is 0.496 e. The minimum absolute atomic E-state index is 0.0156. The molecule has 122 valence electrons. The minimum atomic E-state index is -0.0156. The average Bonchev–Trinajstić information content (AvgIpc) is 2.55. The molecule has 5 nitrogen and oxygen atoms in total. The van der Waals surface area contributed by atoms with Crippen molar-refractivity contribution in [1.29, 1.82) is 0 Å². The third-order valence-corrected chi connectivity index (χ3v) is 4.40. The predicted molar refractivity (Wildman–Crippen MR) is 85.7 cm³/mol. The predicted octanol–water partition coefficient (Wildman–Crippen LogP) is 1.55. The van der Waals surface area contributed by atoms with Gasteiger partial charge in [0.1, 0.15) is 5.75 Å². The van der Waals surface area contributed by atoms with Crippen molar-refractivity contribution in [1.82, 2.24) is 10.2 Å². The monoisotopic (exact) mass is 306 g/mol. The van der Waals surface area contributed by atoms with E-state index in [1.54, 1.807) is 7.11 Å². The Morgan fingerprint density at radius 3 is 2.91 bits per heavy atom. The van der Waals surface area contributed by atoms with E-state index >= 15 is 0 Å². The summed E-state index contributed by atoms with van der Waals surface area (Å²) < 4.78 is 5.28. The van der Waals surface area contributed by atoms with Crippen LogP contribution in [-0.4, -0.2) is 48.3 Å². The van der Waals surface area contributed by atoms with Crippen molar-refractivity contribution in [2.75, 3.05) is 20.3 Å². The number of piperidine rings is 1. The van der Waals surface area contributed by atoms with Crippen LogP contribution in [-0.2, 0) is 11.3 Å². The number of hydrogen-bond donors (Lipinski definition) is 2. The van der Waals surface area contributed by atoms with Crippen molar-refractivity contribution in [3.05, 3.63) is 29.8 Å². The molecule has 1 fully saturated rings. The molecule has 1 aliphatic rings. The Kier molecular flexibility index (Phi) is 6.21. The van der Waals surface area contributed by atoms with E-state index in [2.05, 4.69) is 17.1 Å². The molecule has 1 aromatic carbocycles. The molecule has 22 heavy (non-hydrogen) atoms. The third kappa shape index (κ3) is 4.21. The van der Waals surface area contributed by atoms with Gasteiger partial charge in [0.25, 0.3) is 0 Å². The highest BCUT2D eigenvalue weighted by Crippen LogP contribution is 2.22. The van der Waals surface area contributed by atoms with Gasteiger partial charge in [-0.25, -0.2) is 0 Å². The van der Waals surface area contributed by atoms with E-state index in [0.717, 1.165) is 30.6 Å². The molecule has 2 unspecified atom stereocenters. The Morgan fingerprint density at radius 1 is 1.41 bits per heavy atom. The standard InChI is InChI=1S/C17H26N2O3/c1-13-6-5-8-15(12-20)19(13)11-17(21)18-10-14-7-3-4-9-16(14)22-2/h3-4,7,9,13,15,20H,5-6,8,10-12H2,1-2H3,(H,18,21). The second-order valence-corrected chi connectivity index (χ2v) is 5.88. The molecule has 0 spiro atoms. The fourth-order valence-electron chi connectivity index (χ4n) is 3.09. The van der Waals surface area contributed by atoms with Gasteiger partial charge in [-0.1, -0.05) is 24.6 Å². The van der Waals surface area contributed by atoms with Crippen LogP contribution in [0.25, 0.3) is 0 Å². The summed E-state index contributed by atoms with van der Waals surface area (Å²) in [5.74, 6) is 0.764. The maximum absolute atomic E-state index is 12.2. The van der Waals surface area contributed by atoms with E-state index in [-0.39, 0.29) is 18.6 Å². The number of carbonyl (C=O) groups excluding carboxylic acids is 1. The molecule has 1 saturated heterocycles. The molecule has 0 radical (unpaired) electrons. The zero-order chi connectivity index (χ0) is 15.9. The molecule has 2 atom stereocenters. The number of benzene rings is 1. The number of carbonyl (C=O) groups is 1. The maximum atomic E-state index is 12.2. The lowest BCUT2D eigenvalue weighted by Crippen LogP contribution is -2.51. The summed E-state index contributed by atoms with van der Waals surface area (Å²) in [5, 5.41) is 12.4. The van der Waals surface area contributed by atoms with Crippen LogP contribution < -0.4 is 10.1 Å². The third-order valence-electron chi connectivity index (χ3n) is 4.40. The minimum Gasteiger partial charge on any atom is -0.496 e. The number of ether oxygens (including phenoxy) is 1. The van der Waals surface area contributed by atoms with Crippen molar-refractivity contribution in [2.24, 2.45) is 0 Å². The van der Waals surface area contributed by atoms with E-state index in [9.17, 15) is 9.90 Å². The number of nitrogens with one attached hydrogen (secondary N) is 1. The van der Waals surface area contributed by atoms with Crippen LogP contribution in [0, 0.1) is 0 Å². The summed E-state index contributed by atoms with van der Waals surface area (Å²) in [4.78, 5) is 14.3. The second-order valence-electron chi connectivity index (χ2n) is 5.88. The van der Waals surface area contributed by atoms with Gasteiger partial charge in [0.15, 0.2) is 0 Å². The second kappa shape index (κ2) is 8.15. The Hall–Kier alpha value is -1.59. The highest BCUT2D eigenvalue weighted by Gasteiger charge is 2.28. The Labute approximate surface area is 132 Å². The summed E-state index contributed by atoms with van der Waals surface area (Å²) >= 11 is 0. The zero-order valence-corrected chi connectivity index (χ0v) is 13.4. The molecule has 5 heteroatoms. The van der Waals surface area contributed by atoms with Crippen molar-refractivity contribution in [2.45, 2.75) is 44.8 Å². The van der Waals surface area contributed by atoms with Crippen molar-refractivity contribution < 1.29 is 14.6 Å². The Morgan fingerprint density at radius 2 is 2.18 bits per heavy atom. The highest BCUT2D eigenvalue weighted by molar-refractivity contribution is 5.78. The number of para-hydroxylation sites is 1. The normalized spacial score (nSPS) is 22.3. The van der Waals surface area contributed by atoms with Crippen LogP contribution in [0.15, 0.2) is 24.3 Å². The molecule has 0 saturated carbocycles. The summed E-state index contributed by atoms with van der Waals surface area (Å²) in [6, 6.07) is 8.10. The summed E-state index contributed by atoms with van der Waals surface area (Å²) in [6.45, 7) is 3.02. The molecule has 1 aromatic rings. The van der Waals surface area contributed by atoms with E-state index < -0.39 is 0 Å². The molecule has 1 amide bonds. The summed E-state index contributed by atoms with van der Waals surface area (Å²) in [7, 11) is 1.63. The van der Waals surface area contributed by atoms with E-state index in [1.165, 1.54) is 0 Å².